The molecule has 0 aliphatic carbocycles. The first-order valence-corrected chi connectivity index (χ1v) is 7.30. The molecule has 0 unspecified atom stereocenters. The minimum Gasteiger partial charge on any atom is -0.496 e. The van der Waals surface area contributed by atoms with E-state index in [0.29, 0.717) is 0 Å². The van der Waals surface area contributed by atoms with Crippen molar-refractivity contribution in [2.45, 2.75) is 52.4 Å². The van der Waals surface area contributed by atoms with Crippen LogP contribution in [0.1, 0.15) is 42.0 Å². The zero-order chi connectivity index (χ0) is 13.0. The Morgan fingerprint density at radius 1 is 0.941 bits per heavy atom. The molecule has 0 aromatic heterocycles. The molecular weight excluding hydrogens is 228 g/mol. The highest BCUT2D eigenvalue weighted by molar-refractivity contribution is 7.99. The minimum atomic E-state index is 1.06. The van der Waals surface area contributed by atoms with Gasteiger partial charge in [-0.3, -0.25) is 0 Å². The smallest absolute Gasteiger partial charge is 0.125 e. The predicted molar refractivity (Wildman–Crippen MR) is 77.6 cm³/mol. The molecule has 0 saturated heterocycles. The summed E-state index contributed by atoms with van der Waals surface area (Å²) in [6.45, 7) is 11.0. The van der Waals surface area contributed by atoms with Crippen LogP contribution in [0.4, 0.5) is 0 Å². The second kappa shape index (κ2) is 6.34. The van der Waals surface area contributed by atoms with Crippen molar-refractivity contribution in [1.29, 1.82) is 0 Å². The van der Waals surface area contributed by atoms with Crippen molar-refractivity contribution < 1.29 is 4.74 Å². The van der Waals surface area contributed by atoms with E-state index in [-0.39, 0.29) is 0 Å². The highest BCUT2D eigenvalue weighted by Crippen LogP contribution is 2.37. The number of unbranched alkanes of at least 4 members (excludes halogenated alkanes) is 1. The summed E-state index contributed by atoms with van der Waals surface area (Å²) in [7, 11) is 1.76. The number of ether oxygens (including phenoxy) is 1. The van der Waals surface area contributed by atoms with E-state index in [2.05, 4.69) is 34.6 Å². The molecule has 1 nitrogen and oxygen atoms in total. The summed E-state index contributed by atoms with van der Waals surface area (Å²) < 4.78 is 5.51. The Morgan fingerprint density at radius 3 is 1.88 bits per heavy atom. The van der Waals surface area contributed by atoms with Crippen LogP contribution in [0.5, 0.6) is 5.75 Å². The van der Waals surface area contributed by atoms with E-state index in [1.807, 2.05) is 11.8 Å². The Bertz CT molecular complexity index is 367. The molecule has 1 aromatic rings. The number of rotatable bonds is 5. The standard InChI is InChI=1S/C15H24OS/c1-7-8-9-17-15-12(4)10(2)14(16-6)11(3)13(15)5/h7-9H2,1-6H3. The third kappa shape index (κ3) is 2.98. The van der Waals surface area contributed by atoms with Crippen molar-refractivity contribution in [3.63, 3.8) is 0 Å². The van der Waals surface area contributed by atoms with E-state index < -0.39 is 0 Å². The summed E-state index contributed by atoms with van der Waals surface area (Å²) in [5, 5.41) is 0. The van der Waals surface area contributed by atoms with Gasteiger partial charge in [-0.05, 0) is 62.1 Å². The number of hydrogen-bond donors (Lipinski definition) is 0. The second-order valence-electron chi connectivity index (χ2n) is 4.56. The molecule has 96 valence electrons. The Kier molecular flexibility index (Phi) is 5.38. The first-order valence-electron chi connectivity index (χ1n) is 6.31. The average molecular weight is 252 g/mol. The van der Waals surface area contributed by atoms with Crippen LogP contribution in [0.15, 0.2) is 4.90 Å². The van der Waals surface area contributed by atoms with Crippen molar-refractivity contribution >= 4 is 11.8 Å². The molecule has 1 rings (SSSR count). The van der Waals surface area contributed by atoms with E-state index in [1.165, 1.54) is 45.7 Å². The quantitative estimate of drug-likeness (QED) is 0.549. The van der Waals surface area contributed by atoms with Crippen molar-refractivity contribution in [1.82, 2.24) is 0 Å². The fraction of sp³-hybridized carbons (Fsp3) is 0.600. The maximum absolute atomic E-state index is 5.51. The molecule has 17 heavy (non-hydrogen) atoms. The van der Waals surface area contributed by atoms with Crippen molar-refractivity contribution in [2.24, 2.45) is 0 Å². The van der Waals surface area contributed by atoms with Gasteiger partial charge >= 0.3 is 0 Å². The van der Waals surface area contributed by atoms with Crippen molar-refractivity contribution in [2.75, 3.05) is 12.9 Å². The largest absolute Gasteiger partial charge is 0.496 e. The van der Waals surface area contributed by atoms with Crippen molar-refractivity contribution in [3.05, 3.63) is 22.3 Å². The lowest BCUT2D eigenvalue weighted by molar-refractivity contribution is 0.407. The first-order chi connectivity index (χ1) is 8.04. The molecule has 0 amide bonds. The van der Waals surface area contributed by atoms with Crippen molar-refractivity contribution in [3.8, 4) is 5.75 Å². The topological polar surface area (TPSA) is 9.23 Å². The van der Waals surface area contributed by atoms with Crippen LogP contribution >= 0.6 is 11.8 Å². The molecule has 0 radical (unpaired) electrons. The maximum Gasteiger partial charge on any atom is 0.125 e. The van der Waals surface area contributed by atoms with Gasteiger partial charge in [-0.15, -0.1) is 11.8 Å². The summed E-state index contributed by atoms with van der Waals surface area (Å²) in [5.41, 5.74) is 5.33. The first kappa shape index (κ1) is 14.4. The van der Waals surface area contributed by atoms with Gasteiger partial charge in [0.1, 0.15) is 5.75 Å². The third-order valence-electron chi connectivity index (χ3n) is 3.44. The molecule has 0 aliphatic heterocycles. The van der Waals surface area contributed by atoms with Crippen LogP contribution in [0.25, 0.3) is 0 Å². The molecular formula is C15H24OS. The lowest BCUT2D eigenvalue weighted by Gasteiger charge is -2.19. The maximum atomic E-state index is 5.51. The lowest BCUT2D eigenvalue weighted by Crippen LogP contribution is -2.00. The zero-order valence-electron chi connectivity index (χ0n) is 11.9. The Labute approximate surface area is 110 Å². The summed E-state index contributed by atoms with van der Waals surface area (Å²) in [6, 6.07) is 0. The van der Waals surface area contributed by atoms with Gasteiger partial charge in [-0.25, -0.2) is 0 Å². The highest BCUT2D eigenvalue weighted by Gasteiger charge is 2.15. The van der Waals surface area contributed by atoms with Gasteiger partial charge in [0.15, 0.2) is 0 Å². The van der Waals surface area contributed by atoms with Gasteiger partial charge < -0.3 is 4.74 Å². The molecule has 0 spiro atoms. The number of thioether (sulfide) groups is 1. The normalized spacial score (nSPS) is 10.7. The molecule has 0 N–H and O–H groups in total. The number of benzene rings is 1. The summed E-state index contributed by atoms with van der Waals surface area (Å²) in [5.74, 6) is 2.27. The molecule has 0 heterocycles. The summed E-state index contributed by atoms with van der Waals surface area (Å²) in [6.07, 6.45) is 2.55. The van der Waals surface area contributed by atoms with Gasteiger partial charge in [-0.1, -0.05) is 13.3 Å². The predicted octanol–water partition coefficient (Wildman–Crippen LogP) is 4.82. The van der Waals surface area contributed by atoms with E-state index in [1.54, 1.807) is 7.11 Å². The fourth-order valence-electron chi connectivity index (χ4n) is 2.08. The van der Waals surface area contributed by atoms with Gasteiger partial charge in [0.2, 0.25) is 0 Å². The Morgan fingerprint density at radius 2 is 1.47 bits per heavy atom. The van der Waals surface area contributed by atoms with E-state index in [9.17, 15) is 0 Å². The van der Waals surface area contributed by atoms with Gasteiger partial charge in [0.05, 0.1) is 7.11 Å². The van der Waals surface area contributed by atoms with E-state index >= 15 is 0 Å². The molecule has 0 bridgehead atoms. The molecule has 0 atom stereocenters. The molecule has 0 fully saturated rings. The van der Waals surface area contributed by atoms with Crippen LogP contribution in [0, 0.1) is 27.7 Å². The molecule has 0 saturated carbocycles. The molecule has 1 aromatic carbocycles. The minimum absolute atomic E-state index is 1.06. The van der Waals surface area contributed by atoms with Crippen LogP contribution in [-0.4, -0.2) is 12.9 Å². The van der Waals surface area contributed by atoms with Gasteiger partial charge in [-0.2, -0.15) is 0 Å². The monoisotopic (exact) mass is 252 g/mol. The lowest BCUT2D eigenvalue weighted by atomic mass is 10.00. The Hall–Kier alpha value is -0.630. The van der Waals surface area contributed by atoms with Crippen LogP contribution in [0.2, 0.25) is 0 Å². The third-order valence-corrected chi connectivity index (χ3v) is 4.83. The highest BCUT2D eigenvalue weighted by atomic mass is 32.2. The van der Waals surface area contributed by atoms with E-state index in [4.69, 9.17) is 4.74 Å². The fourth-order valence-corrected chi connectivity index (χ4v) is 3.46. The van der Waals surface area contributed by atoms with E-state index in [0.717, 1.165) is 5.75 Å². The average Bonchev–Trinajstić information content (AvgIpc) is 2.32. The Balaban J connectivity index is 3.13. The van der Waals surface area contributed by atoms with Crippen LogP contribution < -0.4 is 4.74 Å². The molecule has 2 heteroatoms. The zero-order valence-corrected chi connectivity index (χ0v) is 12.8. The number of hydrogen-bond acceptors (Lipinski definition) is 2. The summed E-state index contributed by atoms with van der Waals surface area (Å²) in [4.78, 5) is 1.45. The van der Waals surface area contributed by atoms with Crippen LogP contribution in [0.3, 0.4) is 0 Å². The summed E-state index contributed by atoms with van der Waals surface area (Å²) >= 11 is 1.99. The second-order valence-corrected chi connectivity index (χ2v) is 5.67. The number of methoxy groups -OCH3 is 1. The molecule has 0 aliphatic rings. The van der Waals surface area contributed by atoms with Gasteiger partial charge in [0, 0.05) is 4.90 Å². The SMILES string of the molecule is CCCCSc1c(C)c(C)c(OC)c(C)c1C. The van der Waals surface area contributed by atoms with Gasteiger partial charge in [0.25, 0.3) is 0 Å². The van der Waals surface area contributed by atoms with Crippen LogP contribution in [-0.2, 0) is 0 Å².